The van der Waals surface area contributed by atoms with Crippen LogP contribution >= 0.6 is 0 Å². The predicted octanol–water partition coefficient (Wildman–Crippen LogP) is 2.64. The smallest absolute Gasteiger partial charge is 0.208 e. The number of quaternary nitrogens is 1. The molecule has 0 saturated carbocycles. The number of piperidine rings is 1. The molecule has 1 atom stereocenters. The Morgan fingerprint density at radius 3 is 2.67 bits per heavy atom. The average molecular weight is 409 g/mol. The van der Waals surface area contributed by atoms with Crippen LogP contribution in [0.4, 0.5) is 0 Å². The van der Waals surface area contributed by atoms with Gasteiger partial charge in [-0.1, -0.05) is 18.2 Å². The molecule has 0 unspecified atom stereocenters. The lowest BCUT2D eigenvalue weighted by molar-refractivity contribution is -0.906. The molecule has 0 radical (unpaired) electrons. The van der Waals surface area contributed by atoms with Crippen molar-refractivity contribution in [2.24, 2.45) is 5.10 Å². The van der Waals surface area contributed by atoms with Crippen LogP contribution in [-0.2, 0) is 0 Å². The molecule has 0 aromatic heterocycles. The van der Waals surface area contributed by atoms with Crippen molar-refractivity contribution in [1.82, 2.24) is 5.01 Å². The summed E-state index contributed by atoms with van der Waals surface area (Å²) >= 11 is 0. The molecule has 1 spiro atoms. The van der Waals surface area contributed by atoms with Crippen molar-refractivity contribution >= 4 is 5.71 Å². The lowest BCUT2D eigenvalue weighted by atomic mass is 9.90. The van der Waals surface area contributed by atoms with Crippen LogP contribution in [0.2, 0.25) is 0 Å². The van der Waals surface area contributed by atoms with E-state index in [0.717, 1.165) is 67.4 Å². The molecular weight excluding hydrogens is 378 g/mol. The SMILES string of the molecule is CC[NH+]1CCC2(CC1)Oc1ccccc1[C@@H]1CC(c3ccc(OC)cc3OC)=NN12. The molecule has 6 heteroatoms. The molecule has 2 aromatic rings. The van der Waals surface area contributed by atoms with Gasteiger partial charge in [0.05, 0.1) is 58.4 Å². The highest BCUT2D eigenvalue weighted by Gasteiger charge is 2.52. The van der Waals surface area contributed by atoms with Crippen LogP contribution in [0.3, 0.4) is 0 Å². The van der Waals surface area contributed by atoms with Crippen LogP contribution in [-0.4, -0.2) is 50.3 Å². The first-order valence-corrected chi connectivity index (χ1v) is 10.9. The van der Waals surface area contributed by atoms with Gasteiger partial charge in [0.15, 0.2) is 0 Å². The van der Waals surface area contributed by atoms with Crippen LogP contribution in [0, 0.1) is 0 Å². The molecule has 5 rings (SSSR count). The molecule has 1 saturated heterocycles. The normalized spacial score (nSPS) is 27.2. The second-order valence-electron chi connectivity index (χ2n) is 8.37. The van der Waals surface area contributed by atoms with E-state index in [1.807, 2.05) is 12.1 Å². The average Bonchev–Trinajstić information content (AvgIpc) is 3.26. The topological polar surface area (TPSA) is 47.7 Å². The number of ether oxygens (including phenoxy) is 3. The summed E-state index contributed by atoms with van der Waals surface area (Å²) < 4.78 is 17.7. The van der Waals surface area contributed by atoms with Gasteiger partial charge < -0.3 is 19.1 Å². The van der Waals surface area contributed by atoms with E-state index in [2.05, 4.69) is 42.3 Å². The monoisotopic (exact) mass is 408 g/mol. The summed E-state index contributed by atoms with van der Waals surface area (Å²) in [5.74, 6) is 2.59. The predicted molar refractivity (Wildman–Crippen MR) is 116 cm³/mol. The second kappa shape index (κ2) is 7.51. The third kappa shape index (κ3) is 3.01. The van der Waals surface area contributed by atoms with Gasteiger partial charge in [-0.3, -0.25) is 0 Å². The van der Waals surface area contributed by atoms with Gasteiger partial charge in [0.1, 0.15) is 17.2 Å². The molecule has 158 valence electrons. The number of fused-ring (bicyclic) bond motifs is 4. The van der Waals surface area contributed by atoms with Crippen LogP contribution < -0.4 is 19.1 Å². The zero-order chi connectivity index (χ0) is 20.7. The number of hydrogen-bond donors (Lipinski definition) is 1. The van der Waals surface area contributed by atoms with Crippen LogP contribution in [0.5, 0.6) is 17.2 Å². The van der Waals surface area contributed by atoms with Crippen molar-refractivity contribution in [3.63, 3.8) is 0 Å². The van der Waals surface area contributed by atoms with E-state index in [4.69, 9.17) is 19.3 Å². The first kappa shape index (κ1) is 19.2. The molecule has 3 aliphatic rings. The fourth-order valence-electron chi connectivity index (χ4n) is 5.11. The van der Waals surface area contributed by atoms with E-state index < -0.39 is 0 Å². The Morgan fingerprint density at radius 2 is 1.93 bits per heavy atom. The van der Waals surface area contributed by atoms with Crippen molar-refractivity contribution < 1.29 is 19.1 Å². The van der Waals surface area contributed by atoms with Gasteiger partial charge in [0, 0.05) is 23.6 Å². The number of methoxy groups -OCH3 is 2. The molecule has 2 aromatic carbocycles. The van der Waals surface area contributed by atoms with Gasteiger partial charge in [0.2, 0.25) is 5.72 Å². The van der Waals surface area contributed by atoms with Gasteiger partial charge in [-0.2, -0.15) is 5.10 Å². The molecule has 1 N–H and O–H groups in total. The van der Waals surface area contributed by atoms with Gasteiger partial charge >= 0.3 is 0 Å². The van der Waals surface area contributed by atoms with E-state index in [1.165, 1.54) is 5.56 Å². The molecule has 3 heterocycles. The first-order valence-electron chi connectivity index (χ1n) is 10.9. The molecule has 6 nitrogen and oxygen atoms in total. The van der Waals surface area contributed by atoms with Crippen LogP contribution in [0.15, 0.2) is 47.6 Å². The highest BCUT2D eigenvalue weighted by atomic mass is 16.5. The molecule has 30 heavy (non-hydrogen) atoms. The fourth-order valence-corrected chi connectivity index (χ4v) is 5.11. The van der Waals surface area contributed by atoms with Gasteiger partial charge in [0.25, 0.3) is 0 Å². The number of nitrogens with zero attached hydrogens (tertiary/aromatic N) is 2. The summed E-state index contributed by atoms with van der Waals surface area (Å²) in [5, 5.41) is 7.43. The molecular formula is C24H30N3O3+. The highest BCUT2D eigenvalue weighted by molar-refractivity contribution is 6.04. The summed E-state index contributed by atoms with van der Waals surface area (Å²) in [6.07, 6.45) is 2.81. The summed E-state index contributed by atoms with van der Waals surface area (Å²) in [7, 11) is 3.37. The Bertz CT molecular complexity index is 966. The minimum absolute atomic E-state index is 0.194. The zero-order valence-corrected chi connectivity index (χ0v) is 18.0. The van der Waals surface area contributed by atoms with Crippen LogP contribution in [0.25, 0.3) is 0 Å². The lowest BCUT2D eigenvalue weighted by Crippen LogP contribution is -3.13. The van der Waals surface area contributed by atoms with E-state index in [1.54, 1.807) is 19.1 Å². The number of hydrazone groups is 1. The van der Waals surface area contributed by atoms with Crippen molar-refractivity contribution in [1.29, 1.82) is 0 Å². The Balaban J connectivity index is 1.55. The minimum atomic E-state index is -0.362. The maximum absolute atomic E-state index is 6.70. The van der Waals surface area contributed by atoms with E-state index in [0.29, 0.717) is 0 Å². The first-order chi connectivity index (χ1) is 14.7. The Kier molecular flexibility index (Phi) is 4.82. The van der Waals surface area contributed by atoms with E-state index in [-0.39, 0.29) is 11.8 Å². The van der Waals surface area contributed by atoms with Crippen LogP contribution in [0.1, 0.15) is 43.4 Å². The standard InChI is InChI=1S/C24H29N3O3/c1-4-26-13-11-24(12-14-26)27-21(19-7-5-6-8-22(19)30-24)16-20(25-27)18-10-9-17(28-2)15-23(18)29-3/h5-10,15,21H,4,11-14,16H2,1-3H3/p+1/t21-/m0/s1. The number of nitrogens with one attached hydrogen (secondary N) is 1. The van der Waals surface area contributed by atoms with Crippen molar-refractivity contribution in [3.05, 3.63) is 53.6 Å². The maximum atomic E-state index is 6.70. The van der Waals surface area contributed by atoms with Gasteiger partial charge in [-0.15, -0.1) is 0 Å². The van der Waals surface area contributed by atoms with Crippen molar-refractivity contribution in [3.8, 4) is 17.2 Å². The molecule has 0 bridgehead atoms. The lowest BCUT2D eigenvalue weighted by Gasteiger charge is -2.50. The van der Waals surface area contributed by atoms with Gasteiger partial charge in [-0.25, -0.2) is 5.01 Å². The number of para-hydroxylation sites is 1. The Hall–Kier alpha value is -2.73. The third-order valence-corrected chi connectivity index (χ3v) is 6.86. The summed E-state index contributed by atoms with van der Waals surface area (Å²) in [5.41, 5.74) is 2.93. The summed E-state index contributed by atoms with van der Waals surface area (Å²) in [4.78, 5) is 1.64. The fraction of sp³-hybridized carbons (Fsp3) is 0.458. The summed E-state index contributed by atoms with van der Waals surface area (Å²) in [6.45, 7) is 5.64. The Morgan fingerprint density at radius 1 is 1.13 bits per heavy atom. The van der Waals surface area contributed by atoms with Gasteiger partial charge in [-0.05, 0) is 25.1 Å². The summed E-state index contributed by atoms with van der Waals surface area (Å²) in [6, 6.07) is 14.6. The largest absolute Gasteiger partial charge is 0.497 e. The maximum Gasteiger partial charge on any atom is 0.208 e. The Labute approximate surface area is 178 Å². The quantitative estimate of drug-likeness (QED) is 0.845. The molecule has 0 amide bonds. The zero-order valence-electron chi connectivity index (χ0n) is 18.0. The number of likely N-dealkylation sites (tertiary alicyclic amines) is 1. The van der Waals surface area contributed by atoms with Crippen molar-refractivity contribution in [2.75, 3.05) is 33.9 Å². The van der Waals surface area contributed by atoms with E-state index >= 15 is 0 Å². The van der Waals surface area contributed by atoms with Crippen molar-refractivity contribution in [2.45, 2.75) is 38.0 Å². The second-order valence-corrected chi connectivity index (χ2v) is 8.37. The molecule has 3 aliphatic heterocycles. The van der Waals surface area contributed by atoms with E-state index in [9.17, 15) is 0 Å². The minimum Gasteiger partial charge on any atom is -0.497 e. The molecule has 0 aliphatic carbocycles. The number of hydrogen-bond acceptors (Lipinski definition) is 5. The number of benzene rings is 2. The third-order valence-electron chi connectivity index (χ3n) is 6.86. The number of rotatable bonds is 4. The molecule has 1 fully saturated rings. The highest BCUT2D eigenvalue weighted by Crippen LogP contribution is 2.49.